The highest BCUT2D eigenvalue weighted by atomic mass is 16.6. The van der Waals surface area contributed by atoms with Crippen LogP contribution in [0.4, 0.5) is 0 Å². The largest absolute Gasteiger partial charge is 0.462 e. The number of rotatable bonds is 81. The van der Waals surface area contributed by atoms with Crippen molar-refractivity contribution < 1.29 is 24.2 Å². The van der Waals surface area contributed by atoms with Gasteiger partial charge in [-0.05, 0) is 64.2 Å². The first-order valence-electron chi connectivity index (χ1n) is 43.0. The molecule has 0 bridgehead atoms. The molecule has 1 unspecified atom stereocenters. The van der Waals surface area contributed by atoms with Crippen LogP contribution in [0.5, 0.6) is 0 Å². The van der Waals surface area contributed by atoms with Crippen LogP contribution in [0, 0.1) is 0 Å². The molecule has 0 aromatic heterocycles. The molecule has 0 saturated carbocycles. The molecule has 0 aliphatic carbocycles. The summed E-state index contributed by atoms with van der Waals surface area (Å²) in [6, 6.07) is 0. The summed E-state index contributed by atoms with van der Waals surface area (Å²) in [5.41, 5.74) is 0. The molecule has 0 radical (unpaired) electrons. The molecule has 1 N–H and O–H groups in total. The molecule has 5 heteroatoms. The van der Waals surface area contributed by atoms with Crippen molar-refractivity contribution in [2.24, 2.45) is 0 Å². The summed E-state index contributed by atoms with van der Waals surface area (Å²) in [7, 11) is 0. The second-order valence-corrected chi connectivity index (χ2v) is 29.2. The van der Waals surface area contributed by atoms with E-state index in [1.54, 1.807) is 0 Å². The summed E-state index contributed by atoms with van der Waals surface area (Å²) in [6.07, 6.45) is 120. The normalized spacial score (nSPS) is 12.5. The lowest BCUT2D eigenvalue weighted by atomic mass is 10.0. The van der Waals surface area contributed by atoms with Gasteiger partial charge in [-0.15, -0.1) is 0 Å². The molecule has 0 saturated heterocycles. The molecule has 0 aliphatic rings. The van der Waals surface area contributed by atoms with Crippen LogP contribution in [0.25, 0.3) is 0 Å². The van der Waals surface area contributed by atoms with E-state index >= 15 is 0 Å². The Balaban J connectivity index is 3.36. The molecule has 0 aromatic rings. The Bertz CT molecular complexity index is 1650. The highest BCUT2D eigenvalue weighted by molar-refractivity contribution is 5.70. The Hall–Kier alpha value is -2.66. The summed E-state index contributed by atoms with van der Waals surface area (Å²) in [5, 5.41) is 9.74. The molecule has 95 heavy (non-hydrogen) atoms. The minimum atomic E-state index is -0.772. The fraction of sp³-hybridized carbons (Fsp3) is 0.844. The third-order valence-electron chi connectivity index (χ3n) is 19.8. The van der Waals surface area contributed by atoms with Crippen LogP contribution in [0.2, 0.25) is 0 Å². The fourth-order valence-corrected chi connectivity index (χ4v) is 13.4. The molecule has 556 valence electrons. The van der Waals surface area contributed by atoms with Crippen molar-refractivity contribution in [3.8, 4) is 0 Å². The van der Waals surface area contributed by atoms with Crippen LogP contribution in [-0.4, -0.2) is 36.4 Å². The van der Waals surface area contributed by atoms with Gasteiger partial charge >= 0.3 is 11.9 Å². The SMILES string of the molecule is CC/C=C\C/C=C\C/C=C\C/C=C\C/C=C\C/C=C\CCCCCCCCCCCCCCCCCCCCCCCCC(=O)OC(CO)COC(=O)CCCCCCCCCCCCCCCCCCCCCCCCCCCCCCCCCCCCCCCCCC. The monoisotopic (exact) mass is 1330 g/mol. The van der Waals surface area contributed by atoms with E-state index in [9.17, 15) is 14.7 Å². The lowest BCUT2D eigenvalue weighted by molar-refractivity contribution is -0.161. The Morgan fingerprint density at radius 1 is 0.253 bits per heavy atom. The number of aliphatic hydroxyl groups excluding tert-OH is 1. The zero-order chi connectivity index (χ0) is 68.3. The molecule has 0 fully saturated rings. The molecule has 0 rings (SSSR count). The molecule has 0 heterocycles. The molecular weight excluding hydrogens is 1160 g/mol. The minimum Gasteiger partial charge on any atom is -0.462 e. The second kappa shape index (κ2) is 85.6. The van der Waals surface area contributed by atoms with Crippen molar-refractivity contribution in [3.63, 3.8) is 0 Å². The molecule has 0 aromatic carbocycles. The van der Waals surface area contributed by atoms with Gasteiger partial charge in [-0.3, -0.25) is 9.59 Å². The summed E-state index contributed by atoms with van der Waals surface area (Å²) in [5.74, 6) is -0.563. The van der Waals surface area contributed by atoms with Crippen LogP contribution in [0.1, 0.15) is 470 Å². The molecule has 0 aliphatic heterocycles. The maximum Gasteiger partial charge on any atom is 0.306 e. The first-order chi connectivity index (χ1) is 47.1. The van der Waals surface area contributed by atoms with Gasteiger partial charge in [-0.25, -0.2) is 0 Å². The van der Waals surface area contributed by atoms with Gasteiger partial charge in [0.25, 0.3) is 0 Å². The zero-order valence-corrected chi connectivity index (χ0v) is 64.2. The fourth-order valence-electron chi connectivity index (χ4n) is 13.4. The molecular formula is C90H166O5. The van der Waals surface area contributed by atoms with Crippen molar-refractivity contribution in [3.05, 3.63) is 72.9 Å². The highest BCUT2D eigenvalue weighted by Crippen LogP contribution is 2.21. The third kappa shape index (κ3) is 83.7. The lowest BCUT2D eigenvalue weighted by Gasteiger charge is -2.15. The van der Waals surface area contributed by atoms with Crippen molar-refractivity contribution in [2.75, 3.05) is 13.2 Å². The number of hydrogen-bond acceptors (Lipinski definition) is 5. The summed E-state index contributed by atoms with van der Waals surface area (Å²) in [4.78, 5) is 24.8. The lowest BCUT2D eigenvalue weighted by Crippen LogP contribution is -2.28. The van der Waals surface area contributed by atoms with E-state index < -0.39 is 6.10 Å². The summed E-state index contributed by atoms with van der Waals surface area (Å²) >= 11 is 0. The number of ether oxygens (including phenoxy) is 2. The number of esters is 2. The predicted molar refractivity (Wildman–Crippen MR) is 422 cm³/mol. The van der Waals surface area contributed by atoms with Gasteiger partial charge < -0.3 is 14.6 Å². The van der Waals surface area contributed by atoms with E-state index in [1.165, 1.54) is 372 Å². The van der Waals surface area contributed by atoms with E-state index in [0.717, 1.165) is 70.6 Å². The maximum absolute atomic E-state index is 12.4. The summed E-state index contributed by atoms with van der Waals surface area (Å²) < 4.78 is 10.8. The molecule has 0 amide bonds. The number of carbonyl (C=O) groups excluding carboxylic acids is 2. The number of allylic oxidation sites excluding steroid dienone is 12. The Kier molecular flexibility index (Phi) is 83.2. The van der Waals surface area contributed by atoms with Gasteiger partial charge in [-0.1, -0.05) is 466 Å². The van der Waals surface area contributed by atoms with Crippen molar-refractivity contribution in [1.29, 1.82) is 0 Å². The number of carbonyl (C=O) groups is 2. The van der Waals surface area contributed by atoms with Gasteiger partial charge in [-0.2, -0.15) is 0 Å². The first kappa shape index (κ1) is 92.3. The van der Waals surface area contributed by atoms with Gasteiger partial charge in [0.05, 0.1) is 6.61 Å². The topological polar surface area (TPSA) is 72.8 Å². The molecule has 5 nitrogen and oxygen atoms in total. The Morgan fingerprint density at radius 3 is 0.684 bits per heavy atom. The predicted octanol–water partition coefficient (Wildman–Crippen LogP) is 30.5. The Labute approximate surface area is 594 Å². The highest BCUT2D eigenvalue weighted by Gasteiger charge is 2.16. The van der Waals surface area contributed by atoms with Gasteiger partial charge in [0, 0.05) is 12.8 Å². The van der Waals surface area contributed by atoms with Crippen LogP contribution < -0.4 is 0 Å². The zero-order valence-electron chi connectivity index (χ0n) is 64.2. The summed E-state index contributed by atoms with van der Waals surface area (Å²) in [6.45, 7) is 4.10. The van der Waals surface area contributed by atoms with Gasteiger partial charge in [0.1, 0.15) is 6.61 Å². The number of aliphatic hydroxyl groups is 1. The third-order valence-corrected chi connectivity index (χ3v) is 19.8. The van der Waals surface area contributed by atoms with E-state index in [4.69, 9.17) is 9.47 Å². The van der Waals surface area contributed by atoms with E-state index in [0.29, 0.717) is 12.8 Å². The van der Waals surface area contributed by atoms with Crippen LogP contribution in [-0.2, 0) is 19.1 Å². The number of hydrogen-bond donors (Lipinski definition) is 1. The van der Waals surface area contributed by atoms with Gasteiger partial charge in [0.2, 0.25) is 0 Å². The van der Waals surface area contributed by atoms with Crippen molar-refractivity contribution in [2.45, 2.75) is 476 Å². The second-order valence-electron chi connectivity index (χ2n) is 29.2. The first-order valence-corrected chi connectivity index (χ1v) is 43.0. The number of unbranched alkanes of at least 4 members (excludes halogenated alkanes) is 61. The van der Waals surface area contributed by atoms with Crippen LogP contribution in [0.15, 0.2) is 72.9 Å². The average molecular weight is 1330 g/mol. The standard InChI is InChI=1S/C90H166O5/c1-3-5-7-9-11-13-15-17-19-21-23-25-27-29-31-33-35-37-39-41-43-45-47-49-51-53-55-57-59-61-63-65-67-69-71-73-75-77-79-81-83-85-90(93)95-88(86-91)87-94-89(92)84-82-80-78-76-74-72-70-68-66-64-62-60-58-56-54-52-50-48-46-44-42-40-38-36-34-32-30-28-26-24-22-20-18-16-14-12-10-8-6-4-2/h5,7,11,13,17,19,23,25,29,31,35,37,88,91H,3-4,6,8-10,12,14-16,18,20-22,24,26-28,30,32-34,36,38-87H2,1-2H3/b7-5-,13-11-,19-17-,25-23-,31-29-,37-35-. The minimum absolute atomic E-state index is 0.0596. The quantitative estimate of drug-likeness (QED) is 0.0373. The van der Waals surface area contributed by atoms with Crippen molar-refractivity contribution in [1.82, 2.24) is 0 Å². The smallest absolute Gasteiger partial charge is 0.306 e. The molecule has 1 atom stereocenters. The van der Waals surface area contributed by atoms with E-state index in [2.05, 4.69) is 86.8 Å². The Morgan fingerprint density at radius 2 is 0.453 bits per heavy atom. The van der Waals surface area contributed by atoms with Crippen LogP contribution in [0.3, 0.4) is 0 Å². The van der Waals surface area contributed by atoms with E-state index in [1.807, 2.05) is 0 Å². The van der Waals surface area contributed by atoms with Gasteiger partial charge in [0.15, 0.2) is 6.10 Å². The average Bonchev–Trinajstić information content (AvgIpc) is 3.80. The van der Waals surface area contributed by atoms with Crippen molar-refractivity contribution >= 4 is 11.9 Å². The molecule has 0 spiro atoms. The maximum atomic E-state index is 12.4. The van der Waals surface area contributed by atoms with Crippen LogP contribution >= 0.6 is 0 Å². The van der Waals surface area contributed by atoms with E-state index in [-0.39, 0.29) is 25.2 Å².